The predicted molar refractivity (Wildman–Crippen MR) is 54.8 cm³/mol. The van der Waals surface area contributed by atoms with Crippen molar-refractivity contribution >= 4 is 0 Å². The maximum absolute atomic E-state index is 12.4. The van der Waals surface area contributed by atoms with Gasteiger partial charge in [0.1, 0.15) is 0 Å². The number of aryl methyl sites for hydroxylation is 1. The number of benzene rings is 1. The Hall–Kier alpha value is -0.850. The van der Waals surface area contributed by atoms with Crippen LogP contribution in [0.4, 0.5) is 4.39 Å². The van der Waals surface area contributed by atoms with Crippen LogP contribution >= 0.6 is 0 Å². The van der Waals surface area contributed by atoms with Gasteiger partial charge in [0.2, 0.25) is 0 Å². The Labute approximate surface area is 79.8 Å². The Morgan fingerprint density at radius 2 is 2.15 bits per heavy atom. The van der Waals surface area contributed by atoms with Crippen molar-refractivity contribution in [2.75, 3.05) is 6.67 Å². The van der Waals surface area contributed by atoms with Crippen LogP contribution in [0, 0.1) is 0 Å². The Morgan fingerprint density at radius 1 is 1.38 bits per heavy atom. The summed E-state index contributed by atoms with van der Waals surface area (Å²) in [5, 5.41) is 0. The van der Waals surface area contributed by atoms with Crippen LogP contribution in [-0.4, -0.2) is 6.67 Å². The maximum Gasteiger partial charge on any atom is 0.0960 e. The molecule has 0 amide bonds. The van der Waals surface area contributed by atoms with E-state index in [1.54, 1.807) is 0 Å². The standard InChI is InChI=1S/C12H17F/c1-3-5-11-6-4-7-12(8-11)10(2)9-13/h4,6-8,10H,3,5,9H2,1-2H3. The fourth-order valence-electron chi connectivity index (χ4n) is 1.43. The van der Waals surface area contributed by atoms with Gasteiger partial charge in [-0.1, -0.05) is 44.5 Å². The van der Waals surface area contributed by atoms with Gasteiger partial charge in [-0.05, 0) is 17.5 Å². The van der Waals surface area contributed by atoms with Gasteiger partial charge in [0.15, 0.2) is 0 Å². The average Bonchev–Trinajstić information content (AvgIpc) is 2.18. The quantitative estimate of drug-likeness (QED) is 0.662. The molecule has 0 bridgehead atoms. The first-order valence-corrected chi connectivity index (χ1v) is 4.92. The zero-order valence-corrected chi connectivity index (χ0v) is 8.39. The molecule has 1 rings (SSSR count). The molecule has 0 fully saturated rings. The molecule has 0 aliphatic heterocycles. The minimum atomic E-state index is -0.268. The number of rotatable bonds is 4. The summed E-state index contributed by atoms with van der Waals surface area (Å²) in [7, 11) is 0. The van der Waals surface area contributed by atoms with Gasteiger partial charge in [-0.15, -0.1) is 0 Å². The van der Waals surface area contributed by atoms with Gasteiger partial charge < -0.3 is 0 Å². The maximum atomic E-state index is 12.4. The summed E-state index contributed by atoms with van der Waals surface area (Å²) >= 11 is 0. The summed E-state index contributed by atoms with van der Waals surface area (Å²) in [6, 6.07) is 8.25. The van der Waals surface area contributed by atoms with Gasteiger partial charge in [-0.3, -0.25) is 4.39 Å². The Morgan fingerprint density at radius 3 is 2.77 bits per heavy atom. The van der Waals surface area contributed by atoms with Crippen molar-refractivity contribution in [3.05, 3.63) is 35.4 Å². The molecule has 0 saturated carbocycles. The number of hydrogen-bond donors (Lipinski definition) is 0. The molecule has 1 atom stereocenters. The fourth-order valence-corrected chi connectivity index (χ4v) is 1.43. The SMILES string of the molecule is CCCc1cccc(C(C)CF)c1. The predicted octanol–water partition coefficient (Wildman–Crippen LogP) is 3.71. The van der Waals surface area contributed by atoms with Crippen LogP contribution in [0.25, 0.3) is 0 Å². The van der Waals surface area contributed by atoms with Crippen LogP contribution in [0.15, 0.2) is 24.3 Å². The molecule has 0 spiro atoms. The summed E-state index contributed by atoms with van der Waals surface area (Å²) < 4.78 is 12.4. The van der Waals surface area contributed by atoms with E-state index in [1.807, 2.05) is 19.1 Å². The first kappa shape index (κ1) is 10.2. The molecule has 13 heavy (non-hydrogen) atoms. The zero-order valence-electron chi connectivity index (χ0n) is 8.39. The van der Waals surface area contributed by atoms with Crippen LogP contribution in [0.2, 0.25) is 0 Å². The van der Waals surface area contributed by atoms with Crippen LogP contribution in [-0.2, 0) is 6.42 Å². The molecule has 1 unspecified atom stereocenters. The molecule has 0 heterocycles. The molecule has 0 nitrogen and oxygen atoms in total. The third-order valence-corrected chi connectivity index (χ3v) is 2.29. The van der Waals surface area contributed by atoms with Crippen LogP contribution in [0.1, 0.15) is 37.3 Å². The molecule has 72 valence electrons. The van der Waals surface area contributed by atoms with Gasteiger partial charge in [0.25, 0.3) is 0 Å². The van der Waals surface area contributed by atoms with E-state index in [9.17, 15) is 4.39 Å². The molecule has 0 aliphatic carbocycles. The van der Waals surface area contributed by atoms with Gasteiger partial charge in [0.05, 0.1) is 6.67 Å². The number of halogens is 1. The summed E-state index contributed by atoms with van der Waals surface area (Å²) in [6.45, 7) is 3.81. The first-order valence-electron chi connectivity index (χ1n) is 4.92. The minimum absolute atomic E-state index is 0.0387. The monoisotopic (exact) mass is 180 g/mol. The lowest BCUT2D eigenvalue weighted by atomic mass is 9.99. The summed E-state index contributed by atoms with van der Waals surface area (Å²) in [5.74, 6) is 0.0387. The Balaban J connectivity index is 2.78. The molecule has 0 radical (unpaired) electrons. The van der Waals surface area contributed by atoms with E-state index >= 15 is 0 Å². The van der Waals surface area contributed by atoms with E-state index in [-0.39, 0.29) is 12.6 Å². The smallest absolute Gasteiger partial charge is 0.0960 e. The topological polar surface area (TPSA) is 0 Å². The van der Waals surface area contributed by atoms with Crippen molar-refractivity contribution in [2.45, 2.75) is 32.6 Å². The second-order valence-electron chi connectivity index (χ2n) is 3.55. The lowest BCUT2D eigenvalue weighted by molar-refractivity contribution is 0.447. The third kappa shape index (κ3) is 2.83. The average molecular weight is 180 g/mol. The third-order valence-electron chi connectivity index (χ3n) is 2.29. The van der Waals surface area contributed by atoms with E-state index < -0.39 is 0 Å². The molecule has 1 aromatic carbocycles. The van der Waals surface area contributed by atoms with E-state index in [1.165, 1.54) is 5.56 Å². The van der Waals surface area contributed by atoms with E-state index in [4.69, 9.17) is 0 Å². The number of hydrogen-bond acceptors (Lipinski definition) is 0. The van der Waals surface area contributed by atoms with E-state index in [2.05, 4.69) is 19.1 Å². The first-order chi connectivity index (χ1) is 6.27. The van der Waals surface area contributed by atoms with Crippen molar-refractivity contribution in [3.63, 3.8) is 0 Å². The second-order valence-corrected chi connectivity index (χ2v) is 3.55. The Bertz CT molecular complexity index is 255. The number of alkyl halides is 1. The van der Waals surface area contributed by atoms with Gasteiger partial charge in [0, 0.05) is 5.92 Å². The van der Waals surface area contributed by atoms with Crippen LogP contribution in [0.5, 0.6) is 0 Å². The van der Waals surface area contributed by atoms with Gasteiger partial charge >= 0.3 is 0 Å². The highest BCUT2D eigenvalue weighted by Gasteiger charge is 2.04. The molecule has 0 aromatic heterocycles. The highest BCUT2D eigenvalue weighted by molar-refractivity contribution is 5.26. The largest absolute Gasteiger partial charge is 0.250 e. The van der Waals surface area contributed by atoms with Crippen molar-refractivity contribution < 1.29 is 4.39 Å². The molecule has 0 saturated heterocycles. The molecular weight excluding hydrogens is 163 g/mol. The van der Waals surface area contributed by atoms with Crippen molar-refractivity contribution in [2.24, 2.45) is 0 Å². The van der Waals surface area contributed by atoms with E-state index in [0.717, 1.165) is 18.4 Å². The summed E-state index contributed by atoms with van der Waals surface area (Å²) in [4.78, 5) is 0. The van der Waals surface area contributed by atoms with Crippen molar-refractivity contribution in [3.8, 4) is 0 Å². The lowest BCUT2D eigenvalue weighted by Gasteiger charge is -2.08. The van der Waals surface area contributed by atoms with Crippen molar-refractivity contribution in [1.82, 2.24) is 0 Å². The van der Waals surface area contributed by atoms with Crippen LogP contribution in [0.3, 0.4) is 0 Å². The minimum Gasteiger partial charge on any atom is -0.250 e. The molecule has 0 N–H and O–H groups in total. The molecule has 1 heteroatoms. The second kappa shape index (κ2) is 5.00. The van der Waals surface area contributed by atoms with Crippen molar-refractivity contribution in [1.29, 1.82) is 0 Å². The zero-order chi connectivity index (χ0) is 9.68. The van der Waals surface area contributed by atoms with E-state index in [0.29, 0.717) is 0 Å². The summed E-state index contributed by atoms with van der Waals surface area (Å²) in [5.41, 5.74) is 2.44. The highest BCUT2D eigenvalue weighted by atomic mass is 19.1. The van der Waals surface area contributed by atoms with Crippen LogP contribution < -0.4 is 0 Å². The van der Waals surface area contributed by atoms with Gasteiger partial charge in [-0.25, -0.2) is 0 Å². The molecule has 0 aliphatic rings. The summed E-state index contributed by atoms with van der Waals surface area (Å²) in [6.07, 6.45) is 2.24. The Kier molecular flexibility index (Phi) is 3.94. The highest BCUT2D eigenvalue weighted by Crippen LogP contribution is 2.17. The fraction of sp³-hybridized carbons (Fsp3) is 0.500. The molecule has 1 aromatic rings. The normalized spacial score (nSPS) is 12.8. The van der Waals surface area contributed by atoms with Gasteiger partial charge in [-0.2, -0.15) is 0 Å². The lowest BCUT2D eigenvalue weighted by Crippen LogP contribution is -1.96. The molecular formula is C12H17F.